The number of carbonyl (C=O) groups excluding carboxylic acids is 1. The van der Waals surface area contributed by atoms with Crippen molar-refractivity contribution in [1.29, 1.82) is 0 Å². The van der Waals surface area contributed by atoms with E-state index in [0.717, 1.165) is 0 Å². The normalized spacial score (nSPS) is 36.1. The summed E-state index contributed by atoms with van der Waals surface area (Å²) >= 11 is 0. The van der Waals surface area contributed by atoms with Crippen LogP contribution >= 0.6 is 0 Å². The second-order valence-electron chi connectivity index (χ2n) is 6.29. The van der Waals surface area contributed by atoms with E-state index in [0.29, 0.717) is 5.56 Å². The van der Waals surface area contributed by atoms with Gasteiger partial charge in [0.1, 0.15) is 24.4 Å². The molecular formula is C16H20O6. The molecule has 2 saturated heterocycles. The summed E-state index contributed by atoms with van der Waals surface area (Å²) in [6.07, 6.45) is -2.19. The molecular weight excluding hydrogens is 288 g/mol. The Labute approximate surface area is 128 Å². The molecule has 2 aliphatic heterocycles. The van der Waals surface area contributed by atoms with Crippen molar-refractivity contribution < 1.29 is 28.8 Å². The van der Waals surface area contributed by atoms with Gasteiger partial charge in [0, 0.05) is 0 Å². The minimum Gasteiger partial charge on any atom is -0.459 e. The van der Waals surface area contributed by atoms with E-state index in [2.05, 4.69) is 0 Å². The molecule has 0 aliphatic carbocycles. The van der Waals surface area contributed by atoms with Gasteiger partial charge in [-0.1, -0.05) is 18.2 Å². The van der Waals surface area contributed by atoms with Crippen molar-refractivity contribution in [2.75, 3.05) is 6.61 Å². The Kier molecular flexibility index (Phi) is 3.72. The van der Waals surface area contributed by atoms with Gasteiger partial charge in [0.25, 0.3) is 0 Å². The highest BCUT2D eigenvalue weighted by molar-refractivity contribution is 5.89. The van der Waals surface area contributed by atoms with Crippen molar-refractivity contribution in [3.63, 3.8) is 0 Å². The Hall–Kier alpha value is -1.47. The van der Waals surface area contributed by atoms with Crippen LogP contribution in [0.4, 0.5) is 0 Å². The van der Waals surface area contributed by atoms with Crippen LogP contribution in [0.5, 0.6) is 0 Å². The molecule has 6 heteroatoms. The van der Waals surface area contributed by atoms with Gasteiger partial charge in [-0.3, -0.25) is 0 Å². The maximum absolute atomic E-state index is 12.0. The zero-order chi connectivity index (χ0) is 16.0. The first kappa shape index (κ1) is 15.4. The molecule has 1 aromatic carbocycles. The predicted molar refractivity (Wildman–Crippen MR) is 76.0 cm³/mol. The number of hydrogen-bond donors (Lipinski definition) is 1. The monoisotopic (exact) mass is 308 g/mol. The maximum Gasteiger partial charge on any atom is 0.338 e. The van der Waals surface area contributed by atoms with Crippen molar-refractivity contribution in [2.24, 2.45) is 0 Å². The van der Waals surface area contributed by atoms with Crippen molar-refractivity contribution in [3.05, 3.63) is 35.9 Å². The molecule has 0 bridgehead atoms. The Bertz CT molecular complexity index is 557. The molecule has 1 aromatic rings. The summed E-state index contributed by atoms with van der Waals surface area (Å²) in [5, 5.41) is 10.4. The summed E-state index contributed by atoms with van der Waals surface area (Å²) in [6, 6.07) is 8.67. The van der Waals surface area contributed by atoms with E-state index >= 15 is 0 Å². The number of aliphatic hydroxyl groups excluding tert-OH is 1. The van der Waals surface area contributed by atoms with E-state index in [4.69, 9.17) is 18.9 Å². The van der Waals surface area contributed by atoms with E-state index in [1.54, 1.807) is 45.0 Å². The Balaban J connectivity index is 1.63. The maximum atomic E-state index is 12.0. The third kappa shape index (κ3) is 2.75. The lowest BCUT2D eigenvalue weighted by molar-refractivity contribution is -0.241. The first-order valence-electron chi connectivity index (χ1n) is 7.24. The lowest BCUT2D eigenvalue weighted by Gasteiger charge is -2.30. The van der Waals surface area contributed by atoms with Crippen molar-refractivity contribution in [3.8, 4) is 0 Å². The summed E-state index contributed by atoms with van der Waals surface area (Å²) < 4.78 is 22.2. The van der Waals surface area contributed by atoms with Gasteiger partial charge in [-0.15, -0.1) is 0 Å². The minimum atomic E-state index is -1.06. The third-order valence-corrected chi connectivity index (χ3v) is 3.91. The van der Waals surface area contributed by atoms with Gasteiger partial charge in [-0.25, -0.2) is 4.79 Å². The van der Waals surface area contributed by atoms with Gasteiger partial charge in [0.15, 0.2) is 12.1 Å². The molecule has 22 heavy (non-hydrogen) atoms. The highest BCUT2D eigenvalue weighted by Gasteiger charge is 2.60. The second kappa shape index (κ2) is 5.31. The molecule has 0 aromatic heterocycles. The molecule has 120 valence electrons. The zero-order valence-corrected chi connectivity index (χ0v) is 12.8. The SMILES string of the molecule is CC1(C)OC2OC(C)(COC(=O)c3ccccc3)C(O)C2O1. The first-order chi connectivity index (χ1) is 10.3. The number of benzene rings is 1. The van der Waals surface area contributed by atoms with E-state index in [1.807, 2.05) is 6.07 Å². The topological polar surface area (TPSA) is 74.2 Å². The molecule has 3 rings (SSSR count). The van der Waals surface area contributed by atoms with E-state index in [-0.39, 0.29) is 6.61 Å². The molecule has 2 fully saturated rings. The number of rotatable bonds is 3. The van der Waals surface area contributed by atoms with Crippen LogP contribution in [0.3, 0.4) is 0 Å². The summed E-state index contributed by atoms with van der Waals surface area (Å²) in [6.45, 7) is 5.11. The van der Waals surface area contributed by atoms with Gasteiger partial charge in [-0.2, -0.15) is 0 Å². The summed E-state index contributed by atoms with van der Waals surface area (Å²) in [5.41, 5.74) is -0.608. The standard InChI is InChI=1S/C16H20O6/c1-15(2)20-11-12(17)16(3,22-14(11)21-15)9-19-13(18)10-7-5-4-6-8-10/h4-8,11-12,14,17H,9H2,1-3H3. The van der Waals surface area contributed by atoms with Crippen LogP contribution in [0.2, 0.25) is 0 Å². The summed E-state index contributed by atoms with van der Waals surface area (Å²) in [7, 11) is 0. The van der Waals surface area contributed by atoms with Crippen molar-refractivity contribution >= 4 is 5.97 Å². The van der Waals surface area contributed by atoms with Gasteiger partial charge >= 0.3 is 5.97 Å². The molecule has 2 heterocycles. The van der Waals surface area contributed by atoms with Gasteiger partial charge < -0.3 is 24.1 Å². The molecule has 0 radical (unpaired) electrons. The van der Waals surface area contributed by atoms with Crippen LogP contribution in [0, 0.1) is 0 Å². The largest absolute Gasteiger partial charge is 0.459 e. The fourth-order valence-corrected chi connectivity index (χ4v) is 2.73. The second-order valence-corrected chi connectivity index (χ2v) is 6.29. The van der Waals surface area contributed by atoms with Crippen LogP contribution in [0.25, 0.3) is 0 Å². The lowest BCUT2D eigenvalue weighted by Crippen LogP contribution is -2.46. The molecule has 6 nitrogen and oxygen atoms in total. The van der Waals surface area contributed by atoms with Crippen LogP contribution in [-0.2, 0) is 18.9 Å². The molecule has 0 amide bonds. The van der Waals surface area contributed by atoms with Crippen LogP contribution in [0.15, 0.2) is 30.3 Å². The Morgan fingerprint density at radius 3 is 2.50 bits per heavy atom. The molecule has 1 N–H and O–H groups in total. The van der Waals surface area contributed by atoms with Gasteiger partial charge in [0.05, 0.1) is 5.56 Å². The summed E-state index contributed by atoms with van der Waals surface area (Å²) in [4.78, 5) is 12.0. The Morgan fingerprint density at radius 1 is 1.18 bits per heavy atom. The molecule has 2 aliphatic rings. The molecule has 4 atom stereocenters. The fourth-order valence-electron chi connectivity index (χ4n) is 2.73. The highest BCUT2D eigenvalue weighted by Crippen LogP contribution is 2.42. The van der Waals surface area contributed by atoms with Crippen LogP contribution < -0.4 is 0 Å². The number of hydrogen-bond acceptors (Lipinski definition) is 6. The minimum absolute atomic E-state index is 0.0813. The van der Waals surface area contributed by atoms with Crippen molar-refractivity contribution in [1.82, 2.24) is 0 Å². The quantitative estimate of drug-likeness (QED) is 0.852. The van der Waals surface area contributed by atoms with Crippen LogP contribution in [-0.4, -0.2) is 47.6 Å². The Morgan fingerprint density at radius 2 is 1.86 bits per heavy atom. The molecule has 4 unspecified atom stereocenters. The smallest absolute Gasteiger partial charge is 0.338 e. The zero-order valence-electron chi connectivity index (χ0n) is 12.8. The fraction of sp³-hybridized carbons (Fsp3) is 0.562. The van der Waals surface area contributed by atoms with Crippen molar-refractivity contribution in [2.45, 2.75) is 50.7 Å². The van der Waals surface area contributed by atoms with Crippen LogP contribution in [0.1, 0.15) is 31.1 Å². The average Bonchev–Trinajstić information content (AvgIpc) is 2.89. The number of fused-ring (bicyclic) bond motifs is 1. The predicted octanol–water partition coefficient (Wildman–Crippen LogP) is 1.47. The number of ether oxygens (including phenoxy) is 4. The van der Waals surface area contributed by atoms with E-state index in [9.17, 15) is 9.90 Å². The van der Waals surface area contributed by atoms with E-state index in [1.165, 1.54) is 0 Å². The lowest BCUT2D eigenvalue weighted by atomic mass is 9.99. The number of aliphatic hydroxyl groups is 1. The number of carbonyl (C=O) groups is 1. The molecule has 0 spiro atoms. The summed E-state index contributed by atoms with van der Waals surface area (Å²) in [5.74, 6) is -1.25. The van der Waals surface area contributed by atoms with E-state index < -0.39 is 35.9 Å². The third-order valence-electron chi connectivity index (χ3n) is 3.91. The first-order valence-corrected chi connectivity index (χ1v) is 7.24. The highest BCUT2D eigenvalue weighted by atomic mass is 16.8. The number of esters is 1. The van der Waals surface area contributed by atoms with Gasteiger partial charge in [-0.05, 0) is 32.9 Å². The average molecular weight is 308 g/mol. The van der Waals surface area contributed by atoms with Gasteiger partial charge in [0.2, 0.25) is 0 Å². The molecule has 0 saturated carbocycles.